The molecule has 3 aromatic rings. The van der Waals surface area contributed by atoms with E-state index in [9.17, 15) is 9.59 Å². The molecule has 4 heterocycles. The first-order chi connectivity index (χ1) is 14.8. The number of amides is 1. The summed E-state index contributed by atoms with van der Waals surface area (Å²) in [4.78, 5) is 33.0. The van der Waals surface area contributed by atoms with Gasteiger partial charge in [-0.3, -0.25) is 18.9 Å². The number of aryl methyl sites for hydroxylation is 1. The molecule has 160 valence electrons. The predicted octanol–water partition coefficient (Wildman–Crippen LogP) is 4.07. The highest BCUT2D eigenvalue weighted by Crippen LogP contribution is 2.33. The van der Waals surface area contributed by atoms with E-state index in [0.717, 1.165) is 5.56 Å². The van der Waals surface area contributed by atoms with Gasteiger partial charge >= 0.3 is 0 Å². The summed E-state index contributed by atoms with van der Waals surface area (Å²) in [5.41, 5.74) is 1.47. The highest BCUT2D eigenvalue weighted by atomic mass is 32.2. The summed E-state index contributed by atoms with van der Waals surface area (Å²) in [5.74, 6) is 1.20. The number of thioether (sulfide) groups is 1. The molecule has 7 nitrogen and oxygen atoms in total. The highest BCUT2D eigenvalue weighted by molar-refractivity contribution is 8.26. The molecular formula is C22H22N4O3S2. The van der Waals surface area contributed by atoms with Crippen LogP contribution < -0.4 is 10.9 Å². The van der Waals surface area contributed by atoms with E-state index in [0.29, 0.717) is 45.1 Å². The highest BCUT2D eigenvalue weighted by Gasteiger charge is 2.33. The SMILES string of the molecule is Cc1cccn2c(=O)c(C=C3SC(=S)N(CC(C)C)C3=O)c(NCc3ccco3)nc12. The predicted molar refractivity (Wildman–Crippen MR) is 127 cm³/mol. The number of rotatable bonds is 6. The zero-order valence-electron chi connectivity index (χ0n) is 17.4. The fraction of sp³-hybridized carbons (Fsp3) is 0.273. The molecule has 1 amide bonds. The van der Waals surface area contributed by atoms with Crippen molar-refractivity contribution in [2.24, 2.45) is 5.92 Å². The van der Waals surface area contributed by atoms with Gasteiger partial charge in [-0.05, 0) is 42.7 Å². The molecule has 0 atom stereocenters. The molecule has 9 heteroatoms. The van der Waals surface area contributed by atoms with Gasteiger partial charge in [0.1, 0.15) is 21.5 Å². The van der Waals surface area contributed by atoms with Crippen LogP contribution in [0.1, 0.15) is 30.7 Å². The average Bonchev–Trinajstić information content (AvgIpc) is 3.33. The number of carbonyl (C=O) groups is 1. The molecule has 0 aromatic carbocycles. The van der Waals surface area contributed by atoms with E-state index in [2.05, 4.69) is 10.3 Å². The third-order valence-electron chi connectivity index (χ3n) is 4.79. The largest absolute Gasteiger partial charge is 0.467 e. The summed E-state index contributed by atoms with van der Waals surface area (Å²) >= 11 is 6.60. The van der Waals surface area contributed by atoms with Gasteiger partial charge in [-0.1, -0.05) is 43.9 Å². The first kappa shape index (κ1) is 21.3. The monoisotopic (exact) mass is 454 g/mol. The van der Waals surface area contributed by atoms with E-state index in [1.54, 1.807) is 35.6 Å². The van der Waals surface area contributed by atoms with E-state index in [4.69, 9.17) is 16.6 Å². The molecule has 4 rings (SSSR count). The van der Waals surface area contributed by atoms with E-state index in [-0.39, 0.29) is 17.4 Å². The normalized spacial score (nSPS) is 15.6. The lowest BCUT2D eigenvalue weighted by molar-refractivity contribution is -0.122. The number of carbonyl (C=O) groups excluding carboxylic acids is 1. The Balaban J connectivity index is 1.80. The maximum absolute atomic E-state index is 13.3. The second kappa shape index (κ2) is 8.68. The topological polar surface area (TPSA) is 79.9 Å². The molecule has 1 fully saturated rings. The Kier molecular flexibility index (Phi) is 5.97. The number of nitrogens with zero attached hydrogens (tertiary/aromatic N) is 3. The summed E-state index contributed by atoms with van der Waals surface area (Å²) in [6, 6.07) is 7.33. The molecule has 3 aromatic heterocycles. The standard InChI is InChI=1S/C22H22N4O3S2/c1-13(2)12-26-21(28)17(31-22(26)30)10-16-18(23-11-15-7-5-9-29-15)24-19-14(3)6-4-8-25(19)20(16)27/h4-10,13,23H,11-12H2,1-3H3. The van der Waals surface area contributed by atoms with Crippen LogP contribution in [0.15, 0.2) is 50.8 Å². The lowest BCUT2D eigenvalue weighted by Gasteiger charge is -2.16. The molecule has 0 radical (unpaired) electrons. The van der Waals surface area contributed by atoms with E-state index >= 15 is 0 Å². The molecule has 1 aliphatic heterocycles. The van der Waals surface area contributed by atoms with Gasteiger partial charge in [0.25, 0.3) is 11.5 Å². The van der Waals surface area contributed by atoms with Crippen molar-refractivity contribution in [3.8, 4) is 0 Å². The van der Waals surface area contributed by atoms with Crippen LogP contribution in [0.25, 0.3) is 11.7 Å². The Bertz CT molecular complexity index is 1250. The van der Waals surface area contributed by atoms with Gasteiger partial charge < -0.3 is 9.73 Å². The molecule has 0 saturated carbocycles. The minimum Gasteiger partial charge on any atom is -0.467 e. The first-order valence-electron chi connectivity index (χ1n) is 9.88. The van der Waals surface area contributed by atoms with Crippen molar-refractivity contribution in [1.29, 1.82) is 0 Å². The number of hydrogen-bond donors (Lipinski definition) is 1. The summed E-state index contributed by atoms with van der Waals surface area (Å²) in [7, 11) is 0. The van der Waals surface area contributed by atoms with Crippen LogP contribution in [0.2, 0.25) is 0 Å². The van der Waals surface area contributed by atoms with Gasteiger partial charge in [0.15, 0.2) is 0 Å². The molecule has 1 saturated heterocycles. The van der Waals surface area contributed by atoms with Crippen molar-refractivity contribution >= 4 is 51.7 Å². The average molecular weight is 455 g/mol. The van der Waals surface area contributed by atoms with Crippen LogP contribution in [0.4, 0.5) is 5.82 Å². The number of thiocarbonyl (C=S) groups is 1. The van der Waals surface area contributed by atoms with Crippen LogP contribution in [-0.2, 0) is 11.3 Å². The molecule has 1 aliphatic rings. The number of pyridine rings is 1. The molecule has 0 bridgehead atoms. The molecule has 31 heavy (non-hydrogen) atoms. The molecule has 0 unspecified atom stereocenters. The number of furan rings is 1. The van der Waals surface area contributed by atoms with Gasteiger partial charge in [-0.2, -0.15) is 0 Å². The number of fused-ring (bicyclic) bond motifs is 1. The fourth-order valence-electron chi connectivity index (χ4n) is 3.31. The zero-order chi connectivity index (χ0) is 22.1. The Labute approximate surface area is 189 Å². The van der Waals surface area contributed by atoms with Crippen LogP contribution in [0.5, 0.6) is 0 Å². The molecule has 0 spiro atoms. The van der Waals surface area contributed by atoms with Crippen LogP contribution in [-0.4, -0.2) is 31.1 Å². The second-order valence-corrected chi connectivity index (χ2v) is 9.36. The van der Waals surface area contributed by atoms with Gasteiger partial charge in [-0.25, -0.2) is 4.98 Å². The third-order valence-corrected chi connectivity index (χ3v) is 6.17. The first-order valence-corrected chi connectivity index (χ1v) is 11.1. The summed E-state index contributed by atoms with van der Waals surface area (Å²) in [5, 5.41) is 3.19. The summed E-state index contributed by atoms with van der Waals surface area (Å²) in [6.45, 7) is 6.85. The molecule has 0 aliphatic carbocycles. The quantitative estimate of drug-likeness (QED) is 0.444. The lowest BCUT2D eigenvalue weighted by Crippen LogP contribution is -2.31. The van der Waals surface area contributed by atoms with Crippen LogP contribution in [0, 0.1) is 12.8 Å². The number of anilines is 1. The maximum Gasteiger partial charge on any atom is 0.267 e. The molecular weight excluding hydrogens is 432 g/mol. The van der Waals surface area contributed by atoms with Gasteiger partial charge in [0, 0.05) is 12.7 Å². The van der Waals surface area contributed by atoms with Crippen molar-refractivity contribution in [2.75, 3.05) is 11.9 Å². The Morgan fingerprint density at radius 1 is 1.29 bits per heavy atom. The summed E-state index contributed by atoms with van der Waals surface area (Å²) in [6.07, 6.45) is 4.86. The Hall–Kier alpha value is -2.91. The third kappa shape index (κ3) is 4.28. The van der Waals surface area contributed by atoms with Crippen LogP contribution in [0.3, 0.4) is 0 Å². The minimum absolute atomic E-state index is 0.186. The van der Waals surface area contributed by atoms with Crippen LogP contribution >= 0.6 is 24.0 Å². The van der Waals surface area contributed by atoms with E-state index < -0.39 is 0 Å². The van der Waals surface area contributed by atoms with Crippen molar-refractivity contribution in [2.45, 2.75) is 27.3 Å². The number of nitrogens with one attached hydrogen (secondary N) is 1. The molecule has 1 N–H and O–H groups in total. The number of hydrogen-bond acceptors (Lipinski definition) is 7. The van der Waals surface area contributed by atoms with E-state index in [1.165, 1.54) is 16.2 Å². The lowest BCUT2D eigenvalue weighted by atomic mass is 10.2. The Morgan fingerprint density at radius 2 is 2.10 bits per heavy atom. The van der Waals surface area contributed by atoms with Crippen molar-refractivity contribution < 1.29 is 9.21 Å². The van der Waals surface area contributed by atoms with Gasteiger partial charge in [-0.15, -0.1) is 0 Å². The van der Waals surface area contributed by atoms with Crippen molar-refractivity contribution in [3.63, 3.8) is 0 Å². The van der Waals surface area contributed by atoms with E-state index in [1.807, 2.05) is 32.9 Å². The van der Waals surface area contributed by atoms with Crippen molar-refractivity contribution in [1.82, 2.24) is 14.3 Å². The zero-order valence-corrected chi connectivity index (χ0v) is 19.0. The Morgan fingerprint density at radius 3 is 2.81 bits per heavy atom. The minimum atomic E-state index is -0.259. The van der Waals surface area contributed by atoms with Gasteiger partial charge in [0.05, 0.1) is 23.3 Å². The number of aromatic nitrogens is 2. The summed E-state index contributed by atoms with van der Waals surface area (Å²) < 4.78 is 7.37. The fourth-order valence-corrected chi connectivity index (χ4v) is 4.57. The maximum atomic E-state index is 13.3. The van der Waals surface area contributed by atoms with Gasteiger partial charge in [0.2, 0.25) is 0 Å². The van der Waals surface area contributed by atoms with Crippen molar-refractivity contribution in [3.05, 3.63) is 68.9 Å². The smallest absolute Gasteiger partial charge is 0.267 e. The second-order valence-electron chi connectivity index (χ2n) is 7.68.